The fourth-order valence-corrected chi connectivity index (χ4v) is 3.26. The van der Waals surface area contributed by atoms with Crippen LogP contribution in [-0.4, -0.2) is 54.6 Å². The molecule has 5 nitrogen and oxygen atoms in total. The molecule has 1 saturated carbocycles. The van der Waals surface area contributed by atoms with E-state index in [9.17, 15) is 9.59 Å². The van der Waals surface area contributed by atoms with Gasteiger partial charge in [0, 0.05) is 31.2 Å². The summed E-state index contributed by atoms with van der Waals surface area (Å²) in [6.45, 7) is 4.35. The zero-order valence-electron chi connectivity index (χ0n) is 13.3. The zero-order valence-corrected chi connectivity index (χ0v) is 14.0. The summed E-state index contributed by atoms with van der Waals surface area (Å²) in [6, 6.07) is 7.57. The molecule has 0 bridgehead atoms. The summed E-state index contributed by atoms with van der Waals surface area (Å²) in [5.41, 5.74) is 0.663. The van der Waals surface area contributed by atoms with Crippen molar-refractivity contribution in [3.05, 3.63) is 34.9 Å². The third kappa shape index (κ3) is 3.15. The van der Waals surface area contributed by atoms with Gasteiger partial charge in [0.25, 0.3) is 0 Å². The van der Waals surface area contributed by atoms with Gasteiger partial charge in [0.1, 0.15) is 0 Å². The van der Waals surface area contributed by atoms with Crippen molar-refractivity contribution < 1.29 is 14.3 Å². The molecule has 1 aromatic carbocycles. The number of halogens is 1. The summed E-state index contributed by atoms with van der Waals surface area (Å²) in [6.07, 6.45) is 1.47. The van der Waals surface area contributed by atoms with Crippen LogP contribution < -0.4 is 0 Å². The molecule has 6 heteroatoms. The summed E-state index contributed by atoms with van der Waals surface area (Å²) in [5.74, 6) is 0.170. The van der Waals surface area contributed by atoms with Crippen molar-refractivity contribution in [2.75, 3.05) is 32.8 Å². The van der Waals surface area contributed by atoms with E-state index in [1.54, 1.807) is 11.8 Å². The van der Waals surface area contributed by atoms with Crippen LogP contribution in [0, 0.1) is 0 Å². The molecule has 0 N–H and O–H groups in total. The molecule has 0 aromatic heterocycles. The van der Waals surface area contributed by atoms with Gasteiger partial charge < -0.3 is 14.5 Å². The van der Waals surface area contributed by atoms with Crippen molar-refractivity contribution >= 4 is 23.6 Å². The van der Waals surface area contributed by atoms with Gasteiger partial charge in [-0.1, -0.05) is 23.7 Å². The molecular weight excluding hydrogens is 316 g/mol. The molecule has 2 fully saturated rings. The molecule has 0 atom stereocenters. The number of benzene rings is 1. The van der Waals surface area contributed by atoms with Crippen molar-refractivity contribution in [2.45, 2.75) is 25.2 Å². The van der Waals surface area contributed by atoms with E-state index in [-0.39, 0.29) is 17.4 Å². The summed E-state index contributed by atoms with van der Waals surface area (Å²) in [5, 5.41) is 0.681. The summed E-state index contributed by atoms with van der Waals surface area (Å²) in [4.78, 5) is 28.2. The first-order valence-electron chi connectivity index (χ1n) is 8.04. The van der Waals surface area contributed by atoms with Crippen LogP contribution in [0.15, 0.2) is 24.3 Å². The Morgan fingerprint density at radius 1 is 1.09 bits per heavy atom. The number of amides is 2. The Hall–Kier alpha value is -1.75. The number of rotatable bonds is 3. The minimum atomic E-state index is -0.378. The minimum absolute atomic E-state index is 0.170. The maximum absolute atomic E-state index is 12.9. The van der Waals surface area contributed by atoms with E-state index < -0.39 is 0 Å². The first-order valence-corrected chi connectivity index (χ1v) is 8.42. The van der Waals surface area contributed by atoms with Crippen molar-refractivity contribution in [3.63, 3.8) is 0 Å². The Bertz CT molecular complexity index is 590. The quantitative estimate of drug-likeness (QED) is 0.852. The number of piperazine rings is 1. The number of carbonyl (C=O) groups excluding carboxylic acids is 2. The van der Waals surface area contributed by atoms with Gasteiger partial charge in [-0.25, -0.2) is 4.79 Å². The minimum Gasteiger partial charge on any atom is -0.450 e. The van der Waals surface area contributed by atoms with E-state index in [0.717, 1.165) is 18.4 Å². The summed E-state index contributed by atoms with van der Waals surface area (Å²) in [7, 11) is 0. The van der Waals surface area contributed by atoms with Gasteiger partial charge in [-0.15, -0.1) is 0 Å². The SMILES string of the molecule is CCOC(=O)N1CCN(C(=O)C2(c3ccc(Cl)cc3)CC2)CC1. The predicted octanol–water partition coefficient (Wildman–Crippen LogP) is 2.67. The predicted molar refractivity (Wildman–Crippen MR) is 87.5 cm³/mol. The normalized spacial score (nSPS) is 19.4. The smallest absolute Gasteiger partial charge is 0.409 e. The highest BCUT2D eigenvalue weighted by Crippen LogP contribution is 2.49. The molecule has 23 heavy (non-hydrogen) atoms. The lowest BCUT2D eigenvalue weighted by Gasteiger charge is -2.36. The largest absolute Gasteiger partial charge is 0.450 e. The van der Waals surface area contributed by atoms with Gasteiger partial charge in [-0.3, -0.25) is 4.79 Å². The lowest BCUT2D eigenvalue weighted by molar-refractivity contribution is -0.135. The standard InChI is InChI=1S/C17H21ClN2O3/c1-2-23-16(22)20-11-9-19(10-12-20)15(21)17(7-8-17)13-3-5-14(18)6-4-13/h3-6H,2,7-12H2,1H3. The van der Waals surface area contributed by atoms with Gasteiger partial charge >= 0.3 is 6.09 Å². The highest BCUT2D eigenvalue weighted by Gasteiger charge is 2.53. The lowest BCUT2D eigenvalue weighted by Crippen LogP contribution is -2.53. The van der Waals surface area contributed by atoms with Crippen LogP contribution in [0.3, 0.4) is 0 Å². The second-order valence-electron chi connectivity index (χ2n) is 6.07. The molecule has 0 unspecified atom stereocenters. The van der Waals surface area contributed by atoms with E-state index >= 15 is 0 Å². The average molecular weight is 337 g/mol. The molecule has 2 amide bonds. The lowest BCUT2D eigenvalue weighted by atomic mass is 9.94. The van der Waals surface area contributed by atoms with Crippen LogP contribution >= 0.6 is 11.6 Å². The first-order chi connectivity index (χ1) is 11.1. The fourth-order valence-electron chi connectivity index (χ4n) is 3.13. The van der Waals surface area contributed by atoms with Crippen LogP contribution in [0.1, 0.15) is 25.3 Å². The first kappa shape index (κ1) is 16.1. The molecule has 1 heterocycles. The van der Waals surface area contributed by atoms with Gasteiger partial charge in [0.2, 0.25) is 5.91 Å². The molecule has 3 rings (SSSR count). The van der Waals surface area contributed by atoms with Crippen LogP contribution in [0.25, 0.3) is 0 Å². The Labute approximate surface area is 141 Å². The molecule has 2 aliphatic rings. The van der Waals surface area contributed by atoms with E-state index in [1.807, 2.05) is 29.2 Å². The van der Waals surface area contributed by atoms with E-state index in [2.05, 4.69) is 0 Å². The third-order valence-electron chi connectivity index (χ3n) is 4.65. The number of hydrogen-bond acceptors (Lipinski definition) is 3. The highest BCUT2D eigenvalue weighted by molar-refractivity contribution is 6.30. The molecule has 0 radical (unpaired) electrons. The van der Waals surface area contributed by atoms with Crippen molar-refractivity contribution in [1.29, 1.82) is 0 Å². The maximum atomic E-state index is 12.9. The number of carbonyl (C=O) groups is 2. The van der Waals surface area contributed by atoms with Crippen LogP contribution in [0.5, 0.6) is 0 Å². The molecule has 0 spiro atoms. The second-order valence-corrected chi connectivity index (χ2v) is 6.50. The topological polar surface area (TPSA) is 49.9 Å². The number of hydrogen-bond donors (Lipinski definition) is 0. The van der Waals surface area contributed by atoms with Gasteiger partial charge in [0.15, 0.2) is 0 Å². The van der Waals surface area contributed by atoms with Crippen molar-refractivity contribution in [2.24, 2.45) is 0 Å². The molecule has 1 saturated heterocycles. The van der Waals surface area contributed by atoms with Crippen molar-refractivity contribution in [1.82, 2.24) is 9.80 Å². The van der Waals surface area contributed by atoms with Gasteiger partial charge in [0.05, 0.1) is 12.0 Å². The van der Waals surface area contributed by atoms with E-state index in [4.69, 9.17) is 16.3 Å². The van der Waals surface area contributed by atoms with Crippen LogP contribution in [0.4, 0.5) is 4.79 Å². The van der Waals surface area contributed by atoms with Crippen LogP contribution in [-0.2, 0) is 14.9 Å². The number of ether oxygens (including phenoxy) is 1. The van der Waals surface area contributed by atoms with Gasteiger partial charge in [-0.2, -0.15) is 0 Å². The fraction of sp³-hybridized carbons (Fsp3) is 0.529. The number of nitrogens with zero attached hydrogens (tertiary/aromatic N) is 2. The summed E-state index contributed by atoms with van der Waals surface area (Å²) < 4.78 is 5.01. The molecule has 124 valence electrons. The van der Waals surface area contributed by atoms with E-state index in [1.165, 1.54) is 0 Å². The average Bonchev–Trinajstić information content (AvgIpc) is 3.37. The Morgan fingerprint density at radius 2 is 1.65 bits per heavy atom. The molecule has 1 aromatic rings. The third-order valence-corrected chi connectivity index (χ3v) is 4.90. The van der Waals surface area contributed by atoms with Crippen molar-refractivity contribution in [3.8, 4) is 0 Å². The zero-order chi connectivity index (χ0) is 16.4. The monoisotopic (exact) mass is 336 g/mol. The highest BCUT2D eigenvalue weighted by atomic mass is 35.5. The molecular formula is C17H21ClN2O3. The second kappa shape index (κ2) is 6.40. The molecule has 1 aliphatic heterocycles. The Kier molecular flexibility index (Phi) is 4.48. The molecule has 1 aliphatic carbocycles. The maximum Gasteiger partial charge on any atom is 0.409 e. The Balaban J connectivity index is 1.63. The Morgan fingerprint density at radius 3 is 2.17 bits per heavy atom. The summed E-state index contributed by atoms with van der Waals surface area (Å²) >= 11 is 5.94. The van der Waals surface area contributed by atoms with Crippen LogP contribution in [0.2, 0.25) is 5.02 Å². The van der Waals surface area contributed by atoms with E-state index in [0.29, 0.717) is 37.8 Å². The van der Waals surface area contributed by atoms with Gasteiger partial charge in [-0.05, 0) is 37.5 Å².